The number of amides is 3. The number of aromatic nitrogens is 1. The Hall–Kier alpha value is -2.39. The first-order valence-corrected chi connectivity index (χ1v) is 11.8. The van der Waals surface area contributed by atoms with Gasteiger partial charge in [0.05, 0.1) is 22.9 Å². The van der Waals surface area contributed by atoms with Crippen molar-refractivity contribution in [3.05, 3.63) is 23.2 Å². The van der Waals surface area contributed by atoms with Crippen LogP contribution in [-0.4, -0.2) is 64.5 Å². The van der Waals surface area contributed by atoms with Crippen molar-refractivity contribution in [2.24, 2.45) is 23.2 Å². The van der Waals surface area contributed by atoms with Crippen LogP contribution >= 0.6 is 11.3 Å². The molecule has 5 atom stereocenters. The SMILES string of the molecule is CC1(C)[C@@H]2[C@@H](C(=O)N[C@H](CO)C[C@@H]3CCNC3=O)N(C(=O)c3cc4sccc4[nH]3)C[C@@H]21. The number of nitrogens with one attached hydrogen (secondary N) is 3. The average molecular weight is 445 g/mol. The molecule has 2 aliphatic heterocycles. The third-order valence-electron chi connectivity index (χ3n) is 7.51. The van der Waals surface area contributed by atoms with Crippen LogP contribution in [0.5, 0.6) is 0 Å². The number of likely N-dealkylation sites (tertiary alicyclic amines) is 1. The standard InChI is InChI=1S/C22H28N4O4S/c1-22(2)13-9-26(21(30)15-8-16-14(25-15)4-6-31-16)18(17(13)22)20(29)24-12(10-27)7-11-3-5-23-19(11)28/h4,6,8,11-13,17-18,25,27H,3,5,7,9-10H2,1-2H3,(H,23,28)(H,24,29)/t11-,12-,13-,17-,18-/m0/s1. The average Bonchev–Trinajstić information content (AvgIpc) is 3.34. The Morgan fingerprint density at radius 3 is 2.90 bits per heavy atom. The van der Waals surface area contributed by atoms with Crippen molar-refractivity contribution in [3.63, 3.8) is 0 Å². The molecule has 4 heterocycles. The molecule has 2 aromatic heterocycles. The molecule has 0 spiro atoms. The van der Waals surface area contributed by atoms with Gasteiger partial charge in [-0.25, -0.2) is 0 Å². The fourth-order valence-corrected chi connectivity index (χ4v) is 6.38. The molecule has 9 heteroatoms. The molecule has 0 unspecified atom stereocenters. The Morgan fingerprint density at radius 2 is 2.23 bits per heavy atom. The summed E-state index contributed by atoms with van der Waals surface area (Å²) in [6, 6.07) is 2.72. The largest absolute Gasteiger partial charge is 0.394 e. The zero-order chi connectivity index (χ0) is 21.9. The summed E-state index contributed by atoms with van der Waals surface area (Å²) in [4.78, 5) is 43.4. The van der Waals surface area contributed by atoms with Gasteiger partial charge in [-0.2, -0.15) is 0 Å². The summed E-state index contributed by atoms with van der Waals surface area (Å²) in [6.07, 6.45) is 1.11. The molecular formula is C22H28N4O4S. The van der Waals surface area contributed by atoms with Gasteiger partial charge in [0.15, 0.2) is 0 Å². The second kappa shape index (κ2) is 7.34. The first-order valence-electron chi connectivity index (χ1n) is 10.9. The first kappa shape index (κ1) is 20.5. The number of H-pyrrole nitrogens is 1. The van der Waals surface area contributed by atoms with Crippen molar-refractivity contribution in [2.75, 3.05) is 19.7 Å². The lowest BCUT2D eigenvalue weighted by Crippen LogP contribution is -2.53. The number of hydrogen-bond donors (Lipinski definition) is 4. The van der Waals surface area contributed by atoms with Gasteiger partial charge in [-0.3, -0.25) is 14.4 Å². The topological polar surface area (TPSA) is 115 Å². The molecule has 166 valence electrons. The Bertz CT molecular complexity index is 1010. The lowest BCUT2D eigenvalue weighted by Gasteiger charge is -2.31. The zero-order valence-corrected chi connectivity index (χ0v) is 18.5. The van der Waals surface area contributed by atoms with Crippen LogP contribution in [0.15, 0.2) is 17.5 Å². The van der Waals surface area contributed by atoms with E-state index in [9.17, 15) is 19.5 Å². The number of hydrogen-bond acceptors (Lipinski definition) is 5. The van der Waals surface area contributed by atoms with Gasteiger partial charge in [0.2, 0.25) is 11.8 Å². The van der Waals surface area contributed by atoms with E-state index >= 15 is 0 Å². The highest BCUT2D eigenvalue weighted by Crippen LogP contribution is 2.65. The van der Waals surface area contributed by atoms with E-state index in [1.807, 2.05) is 17.5 Å². The van der Waals surface area contributed by atoms with Crippen molar-refractivity contribution in [1.29, 1.82) is 0 Å². The minimum Gasteiger partial charge on any atom is -0.394 e. The van der Waals surface area contributed by atoms with Crippen molar-refractivity contribution in [1.82, 2.24) is 20.5 Å². The van der Waals surface area contributed by atoms with Crippen LogP contribution in [0.4, 0.5) is 0 Å². The maximum Gasteiger partial charge on any atom is 0.271 e. The van der Waals surface area contributed by atoms with Crippen LogP contribution in [0, 0.1) is 23.2 Å². The third-order valence-corrected chi connectivity index (χ3v) is 8.37. The summed E-state index contributed by atoms with van der Waals surface area (Å²) < 4.78 is 1.02. The first-order chi connectivity index (χ1) is 14.8. The van der Waals surface area contributed by atoms with Crippen LogP contribution < -0.4 is 10.6 Å². The number of carbonyl (C=O) groups is 3. The lowest BCUT2D eigenvalue weighted by atomic mass is 9.97. The summed E-state index contributed by atoms with van der Waals surface area (Å²) in [6.45, 7) is 5.23. The van der Waals surface area contributed by atoms with Crippen molar-refractivity contribution in [3.8, 4) is 0 Å². The van der Waals surface area contributed by atoms with E-state index in [0.29, 0.717) is 31.6 Å². The third kappa shape index (κ3) is 3.34. The van der Waals surface area contributed by atoms with E-state index in [1.165, 1.54) is 0 Å². The number of piperidine rings is 1. The van der Waals surface area contributed by atoms with Gasteiger partial charge in [-0.1, -0.05) is 13.8 Å². The highest BCUT2D eigenvalue weighted by atomic mass is 32.1. The molecule has 2 saturated heterocycles. The Labute approximate surface area is 184 Å². The monoisotopic (exact) mass is 444 g/mol. The molecule has 3 fully saturated rings. The van der Waals surface area contributed by atoms with E-state index in [0.717, 1.165) is 10.2 Å². The van der Waals surface area contributed by atoms with Gasteiger partial charge in [-0.05, 0) is 47.6 Å². The number of aromatic amines is 1. The molecule has 2 aromatic rings. The predicted octanol–water partition coefficient (Wildman–Crippen LogP) is 1.33. The fraction of sp³-hybridized carbons (Fsp3) is 0.591. The van der Waals surface area contributed by atoms with Crippen molar-refractivity contribution < 1.29 is 19.5 Å². The smallest absolute Gasteiger partial charge is 0.271 e. The maximum atomic E-state index is 13.3. The van der Waals surface area contributed by atoms with Crippen molar-refractivity contribution in [2.45, 2.75) is 38.8 Å². The Morgan fingerprint density at radius 1 is 1.42 bits per heavy atom. The number of carbonyl (C=O) groups excluding carboxylic acids is 3. The molecule has 0 radical (unpaired) electrons. The second-order valence-corrected chi connectivity index (χ2v) is 10.6. The summed E-state index contributed by atoms with van der Waals surface area (Å²) in [5, 5.41) is 17.5. The summed E-state index contributed by atoms with van der Waals surface area (Å²) in [5.74, 6) is -0.242. The number of aliphatic hydroxyl groups excluding tert-OH is 1. The molecule has 1 aliphatic carbocycles. The minimum absolute atomic E-state index is 0.00885. The van der Waals surface area contributed by atoms with Crippen LogP contribution in [0.1, 0.15) is 37.2 Å². The van der Waals surface area contributed by atoms with Gasteiger partial charge in [-0.15, -0.1) is 11.3 Å². The summed E-state index contributed by atoms with van der Waals surface area (Å²) in [5.41, 5.74) is 1.43. The number of fused-ring (bicyclic) bond motifs is 2. The Balaban J connectivity index is 1.33. The van der Waals surface area contributed by atoms with E-state index in [4.69, 9.17) is 0 Å². The highest BCUT2D eigenvalue weighted by molar-refractivity contribution is 7.17. The van der Waals surface area contributed by atoms with Gasteiger partial charge >= 0.3 is 0 Å². The molecule has 31 heavy (non-hydrogen) atoms. The molecule has 4 N–H and O–H groups in total. The minimum atomic E-state index is -0.569. The van der Waals surface area contributed by atoms with E-state index in [1.54, 1.807) is 16.2 Å². The molecule has 1 saturated carbocycles. The molecular weight excluding hydrogens is 416 g/mol. The van der Waals surface area contributed by atoms with Crippen LogP contribution in [0.2, 0.25) is 0 Å². The summed E-state index contributed by atoms with van der Waals surface area (Å²) in [7, 11) is 0. The summed E-state index contributed by atoms with van der Waals surface area (Å²) >= 11 is 1.57. The maximum absolute atomic E-state index is 13.3. The predicted molar refractivity (Wildman–Crippen MR) is 117 cm³/mol. The van der Waals surface area contributed by atoms with Gasteiger partial charge in [0.25, 0.3) is 5.91 Å². The molecule has 0 bridgehead atoms. The van der Waals surface area contributed by atoms with Gasteiger partial charge in [0, 0.05) is 19.0 Å². The van der Waals surface area contributed by atoms with Crippen LogP contribution in [-0.2, 0) is 9.59 Å². The lowest BCUT2D eigenvalue weighted by molar-refractivity contribution is -0.128. The Kier molecular flexibility index (Phi) is 4.86. The molecule has 3 aliphatic rings. The number of aliphatic hydroxyl groups is 1. The van der Waals surface area contributed by atoms with Gasteiger partial charge < -0.3 is 25.6 Å². The van der Waals surface area contributed by atoms with Crippen LogP contribution in [0.3, 0.4) is 0 Å². The second-order valence-electron chi connectivity index (χ2n) is 9.64. The molecule has 5 rings (SSSR count). The number of nitrogens with zero attached hydrogens (tertiary/aromatic N) is 1. The number of thiophene rings is 1. The van der Waals surface area contributed by atoms with Crippen LogP contribution in [0.25, 0.3) is 10.2 Å². The van der Waals surface area contributed by atoms with E-state index < -0.39 is 12.1 Å². The molecule has 8 nitrogen and oxygen atoms in total. The molecule has 0 aromatic carbocycles. The molecule has 3 amide bonds. The zero-order valence-electron chi connectivity index (χ0n) is 17.7. The van der Waals surface area contributed by atoms with Crippen molar-refractivity contribution >= 4 is 39.3 Å². The quantitative estimate of drug-likeness (QED) is 0.538. The van der Waals surface area contributed by atoms with E-state index in [-0.39, 0.29) is 47.5 Å². The normalized spacial score (nSPS) is 29.6. The fourth-order valence-electron chi connectivity index (χ4n) is 5.59. The highest BCUT2D eigenvalue weighted by Gasteiger charge is 2.69. The van der Waals surface area contributed by atoms with E-state index in [2.05, 4.69) is 29.5 Å². The number of rotatable bonds is 6. The van der Waals surface area contributed by atoms with Gasteiger partial charge in [0.1, 0.15) is 11.7 Å².